The van der Waals surface area contributed by atoms with Crippen LogP contribution in [0, 0.1) is 0 Å². The van der Waals surface area contributed by atoms with Crippen molar-refractivity contribution in [3.05, 3.63) is 28.4 Å². The van der Waals surface area contributed by atoms with E-state index in [1.807, 2.05) is 13.2 Å². The van der Waals surface area contributed by atoms with Gasteiger partial charge < -0.3 is 5.73 Å². The second kappa shape index (κ2) is 4.76. The van der Waals surface area contributed by atoms with E-state index in [1.54, 1.807) is 17.9 Å². The van der Waals surface area contributed by atoms with Gasteiger partial charge in [0.05, 0.1) is 11.4 Å². The molecule has 2 aromatic rings. The van der Waals surface area contributed by atoms with Gasteiger partial charge in [0.25, 0.3) is 0 Å². The van der Waals surface area contributed by atoms with Gasteiger partial charge in [0.15, 0.2) is 5.16 Å². The summed E-state index contributed by atoms with van der Waals surface area (Å²) in [4.78, 5) is 11.2. The Kier molecular flexibility index (Phi) is 3.34. The first-order valence-corrected chi connectivity index (χ1v) is 5.96. The number of thioether (sulfide) groups is 1. The summed E-state index contributed by atoms with van der Waals surface area (Å²) in [5, 5.41) is 11.1. The Morgan fingerprint density at radius 1 is 1.59 bits per heavy atom. The Morgan fingerprint density at radius 2 is 2.35 bits per heavy atom. The SMILES string of the molecule is Cn1cc(C(CN)Sc2n[nH]c(=O)n2C)cn1. The van der Waals surface area contributed by atoms with Crippen LogP contribution in [-0.2, 0) is 14.1 Å². The van der Waals surface area contributed by atoms with Crippen LogP contribution in [0.25, 0.3) is 0 Å². The lowest BCUT2D eigenvalue weighted by molar-refractivity contribution is 0.759. The molecule has 0 aliphatic carbocycles. The summed E-state index contributed by atoms with van der Waals surface area (Å²) < 4.78 is 3.19. The van der Waals surface area contributed by atoms with Crippen LogP contribution in [0.3, 0.4) is 0 Å². The smallest absolute Gasteiger partial charge is 0.329 e. The van der Waals surface area contributed by atoms with Gasteiger partial charge in [-0.05, 0) is 0 Å². The maximum absolute atomic E-state index is 11.2. The van der Waals surface area contributed by atoms with Crippen LogP contribution in [0.15, 0.2) is 22.3 Å². The Labute approximate surface area is 102 Å². The molecule has 0 aliphatic heterocycles. The van der Waals surface area contributed by atoms with Crippen LogP contribution in [0.4, 0.5) is 0 Å². The molecule has 0 radical (unpaired) electrons. The third-order valence-electron chi connectivity index (χ3n) is 2.40. The largest absolute Gasteiger partial charge is 0.343 e. The predicted molar refractivity (Wildman–Crippen MR) is 64.7 cm³/mol. The number of aryl methyl sites for hydroxylation is 1. The molecule has 2 heterocycles. The van der Waals surface area contributed by atoms with E-state index >= 15 is 0 Å². The van der Waals surface area contributed by atoms with E-state index in [4.69, 9.17) is 5.73 Å². The van der Waals surface area contributed by atoms with Gasteiger partial charge >= 0.3 is 5.69 Å². The van der Waals surface area contributed by atoms with Crippen LogP contribution in [0.2, 0.25) is 0 Å². The fourth-order valence-electron chi connectivity index (χ4n) is 1.42. The number of hydrogen-bond donors (Lipinski definition) is 2. The van der Waals surface area contributed by atoms with Crippen molar-refractivity contribution in [1.82, 2.24) is 24.5 Å². The highest BCUT2D eigenvalue weighted by Gasteiger charge is 2.16. The number of nitrogens with one attached hydrogen (secondary N) is 1. The molecule has 0 bridgehead atoms. The molecular weight excluding hydrogens is 240 g/mol. The van der Waals surface area contributed by atoms with E-state index in [2.05, 4.69) is 15.3 Å². The van der Waals surface area contributed by atoms with Crippen molar-refractivity contribution in [3.8, 4) is 0 Å². The zero-order valence-corrected chi connectivity index (χ0v) is 10.4. The van der Waals surface area contributed by atoms with Crippen LogP contribution in [0.5, 0.6) is 0 Å². The first-order chi connectivity index (χ1) is 8.11. The van der Waals surface area contributed by atoms with Crippen molar-refractivity contribution >= 4 is 11.8 Å². The fraction of sp³-hybridized carbons (Fsp3) is 0.444. The number of aromatic nitrogens is 5. The number of aromatic amines is 1. The lowest BCUT2D eigenvalue weighted by atomic mass is 10.2. The molecule has 0 saturated carbocycles. The first-order valence-electron chi connectivity index (χ1n) is 5.08. The summed E-state index contributed by atoms with van der Waals surface area (Å²) in [6.45, 7) is 0.456. The summed E-state index contributed by atoms with van der Waals surface area (Å²) >= 11 is 1.44. The molecule has 0 amide bonds. The average Bonchev–Trinajstić information content (AvgIpc) is 2.86. The molecule has 1 unspecified atom stereocenters. The Hall–Kier alpha value is -1.54. The highest BCUT2D eigenvalue weighted by molar-refractivity contribution is 7.99. The molecule has 92 valence electrons. The fourth-order valence-corrected chi connectivity index (χ4v) is 2.37. The quantitative estimate of drug-likeness (QED) is 0.726. The van der Waals surface area contributed by atoms with Gasteiger partial charge in [0.1, 0.15) is 0 Å². The van der Waals surface area contributed by atoms with Gasteiger partial charge in [0.2, 0.25) is 0 Å². The maximum atomic E-state index is 11.2. The van der Waals surface area contributed by atoms with E-state index < -0.39 is 0 Å². The topological polar surface area (TPSA) is 94.5 Å². The van der Waals surface area contributed by atoms with Crippen molar-refractivity contribution in [3.63, 3.8) is 0 Å². The second-order valence-electron chi connectivity index (χ2n) is 3.66. The second-order valence-corrected chi connectivity index (χ2v) is 4.83. The van der Waals surface area contributed by atoms with E-state index in [-0.39, 0.29) is 10.9 Å². The Morgan fingerprint density at radius 3 is 2.82 bits per heavy atom. The minimum Gasteiger partial charge on any atom is -0.329 e. The van der Waals surface area contributed by atoms with E-state index in [0.717, 1.165) is 5.56 Å². The number of nitrogens with two attached hydrogens (primary N) is 1. The molecule has 1 atom stereocenters. The van der Waals surface area contributed by atoms with Gasteiger partial charge in [-0.15, -0.1) is 5.10 Å². The minimum atomic E-state index is -0.227. The van der Waals surface area contributed by atoms with Gasteiger partial charge in [-0.25, -0.2) is 9.89 Å². The van der Waals surface area contributed by atoms with Crippen molar-refractivity contribution in [2.24, 2.45) is 19.8 Å². The van der Waals surface area contributed by atoms with Crippen molar-refractivity contribution in [2.75, 3.05) is 6.54 Å². The van der Waals surface area contributed by atoms with Crippen LogP contribution in [-0.4, -0.2) is 31.1 Å². The Bertz CT molecular complexity index is 556. The molecule has 0 fully saturated rings. The number of H-pyrrole nitrogens is 1. The predicted octanol–water partition coefficient (Wildman–Crippen LogP) is -0.366. The summed E-state index contributed by atoms with van der Waals surface area (Å²) in [7, 11) is 3.52. The molecule has 3 N–H and O–H groups in total. The molecule has 2 rings (SSSR count). The molecular formula is C9H14N6OS. The standard InChI is InChI=1S/C9H14N6OS/c1-14-5-6(4-11-14)7(3-10)17-9-13-12-8(16)15(9)2/h4-5,7H,3,10H2,1-2H3,(H,12,16). The molecule has 0 spiro atoms. The van der Waals surface area contributed by atoms with Crippen LogP contribution >= 0.6 is 11.8 Å². The number of hydrogen-bond acceptors (Lipinski definition) is 5. The summed E-state index contributed by atoms with van der Waals surface area (Å²) in [5.41, 5.74) is 6.53. The Balaban J connectivity index is 2.21. The minimum absolute atomic E-state index is 0.0394. The van der Waals surface area contributed by atoms with Gasteiger partial charge in [-0.3, -0.25) is 9.25 Å². The average molecular weight is 254 g/mol. The summed E-state index contributed by atoms with van der Waals surface area (Å²) in [6, 6.07) is 0. The molecule has 2 aromatic heterocycles. The number of rotatable bonds is 4. The lowest BCUT2D eigenvalue weighted by Gasteiger charge is -2.10. The van der Waals surface area contributed by atoms with Crippen LogP contribution < -0.4 is 11.4 Å². The highest BCUT2D eigenvalue weighted by Crippen LogP contribution is 2.31. The maximum Gasteiger partial charge on any atom is 0.343 e. The number of nitrogens with zero attached hydrogens (tertiary/aromatic N) is 4. The van der Waals surface area contributed by atoms with E-state index in [1.165, 1.54) is 16.3 Å². The third kappa shape index (κ3) is 2.42. The molecule has 0 aliphatic rings. The normalized spacial score (nSPS) is 12.9. The lowest BCUT2D eigenvalue weighted by Crippen LogP contribution is -2.14. The van der Waals surface area contributed by atoms with Gasteiger partial charge in [-0.2, -0.15) is 5.10 Å². The van der Waals surface area contributed by atoms with E-state index in [0.29, 0.717) is 11.7 Å². The highest BCUT2D eigenvalue weighted by atomic mass is 32.2. The summed E-state index contributed by atoms with van der Waals surface area (Å²) in [5.74, 6) is 0. The zero-order valence-electron chi connectivity index (χ0n) is 9.62. The molecule has 0 aromatic carbocycles. The van der Waals surface area contributed by atoms with Crippen molar-refractivity contribution in [1.29, 1.82) is 0 Å². The zero-order chi connectivity index (χ0) is 12.4. The third-order valence-corrected chi connectivity index (χ3v) is 3.72. The van der Waals surface area contributed by atoms with E-state index in [9.17, 15) is 4.79 Å². The molecule has 17 heavy (non-hydrogen) atoms. The van der Waals surface area contributed by atoms with Crippen LogP contribution in [0.1, 0.15) is 10.8 Å². The monoisotopic (exact) mass is 254 g/mol. The van der Waals surface area contributed by atoms with Crippen molar-refractivity contribution in [2.45, 2.75) is 10.4 Å². The van der Waals surface area contributed by atoms with Gasteiger partial charge in [-0.1, -0.05) is 11.8 Å². The van der Waals surface area contributed by atoms with Gasteiger partial charge in [0, 0.05) is 32.4 Å². The summed E-state index contributed by atoms with van der Waals surface area (Å²) in [6.07, 6.45) is 3.69. The molecule has 0 saturated heterocycles. The first kappa shape index (κ1) is 11.9. The van der Waals surface area contributed by atoms with Crippen molar-refractivity contribution < 1.29 is 0 Å². The molecule has 7 nitrogen and oxygen atoms in total. The molecule has 8 heteroatoms.